The lowest BCUT2D eigenvalue weighted by molar-refractivity contribution is -0.127. The van der Waals surface area contributed by atoms with Gasteiger partial charge in [0.25, 0.3) is 0 Å². The van der Waals surface area contributed by atoms with Gasteiger partial charge in [-0.05, 0) is 74.4 Å². The number of benzene rings is 1. The van der Waals surface area contributed by atoms with Crippen molar-refractivity contribution < 1.29 is 10.2 Å². The number of aryl methyl sites for hydroxylation is 1. The van der Waals surface area contributed by atoms with Gasteiger partial charge in [-0.1, -0.05) is 45.0 Å². The molecule has 36 heavy (non-hydrogen) atoms. The van der Waals surface area contributed by atoms with Gasteiger partial charge < -0.3 is 15.1 Å². The Morgan fingerprint density at radius 3 is 2.36 bits per heavy atom. The summed E-state index contributed by atoms with van der Waals surface area (Å²) in [5, 5.41) is 28.3. The first-order valence-corrected chi connectivity index (χ1v) is 13.3. The van der Waals surface area contributed by atoms with Crippen molar-refractivity contribution in [2.75, 3.05) is 20.1 Å². The summed E-state index contributed by atoms with van der Waals surface area (Å²) in [5.41, 5.74) is 2.17. The largest absolute Gasteiger partial charge is 0.384 e. The lowest BCUT2D eigenvalue weighted by atomic mass is 9.62. The SMILES string of the molecule is CC(C)c1ccc([C@](O)(c2cncc(CCC(C)(O)c3ccn(C4CC4)n3)c2)C2(C)CN(C)C2)cc1. The molecule has 1 unspecified atom stereocenters. The molecule has 0 bridgehead atoms. The molecule has 1 saturated carbocycles. The van der Waals surface area contributed by atoms with Crippen LogP contribution in [0.25, 0.3) is 0 Å². The van der Waals surface area contributed by atoms with Gasteiger partial charge in [0.2, 0.25) is 0 Å². The van der Waals surface area contributed by atoms with E-state index in [0.717, 1.165) is 29.8 Å². The quantitative estimate of drug-likeness (QED) is 0.454. The zero-order chi connectivity index (χ0) is 25.7. The summed E-state index contributed by atoms with van der Waals surface area (Å²) in [7, 11) is 2.09. The zero-order valence-corrected chi connectivity index (χ0v) is 22.3. The second-order valence-corrected chi connectivity index (χ2v) is 12.0. The van der Waals surface area contributed by atoms with Crippen LogP contribution < -0.4 is 0 Å². The average molecular weight is 489 g/mol. The summed E-state index contributed by atoms with van der Waals surface area (Å²) in [6, 6.07) is 12.9. The number of pyridine rings is 1. The Labute approximate surface area is 215 Å². The first kappa shape index (κ1) is 25.1. The van der Waals surface area contributed by atoms with Crippen molar-refractivity contribution in [2.24, 2.45) is 5.41 Å². The van der Waals surface area contributed by atoms with Crippen LogP contribution in [0.3, 0.4) is 0 Å². The van der Waals surface area contributed by atoms with Crippen LogP contribution in [0.2, 0.25) is 0 Å². The topological polar surface area (TPSA) is 74.4 Å². The van der Waals surface area contributed by atoms with Gasteiger partial charge in [-0.25, -0.2) is 0 Å². The Bertz CT molecular complexity index is 1210. The van der Waals surface area contributed by atoms with Gasteiger partial charge in [0, 0.05) is 42.7 Å². The van der Waals surface area contributed by atoms with E-state index in [1.165, 1.54) is 18.4 Å². The third kappa shape index (κ3) is 4.51. The first-order chi connectivity index (χ1) is 17.0. The monoisotopic (exact) mass is 488 g/mol. The van der Waals surface area contributed by atoms with Gasteiger partial charge in [-0.3, -0.25) is 9.67 Å². The van der Waals surface area contributed by atoms with Crippen LogP contribution in [0.15, 0.2) is 55.0 Å². The number of hydrogen-bond acceptors (Lipinski definition) is 5. The highest BCUT2D eigenvalue weighted by molar-refractivity contribution is 5.42. The minimum absolute atomic E-state index is 0.331. The van der Waals surface area contributed by atoms with Gasteiger partial charge >= 0.3 is 0 Å². The highest BCUT2D eigenvalue weighted by atomic mass is 16.3. The lowest BCUT2D eigenvalue weighted by Crippen LogP contribution is -2.63. The smallest absolute Gasteiger partial charge is 0.124 e. The molecule has 1 aliphatic heterocycles. The predicted octanol–water partition coefficient (Wildman–Crippen LogP) is 4.76. The van der Waals surface area contributed by atoms with E-state index in [4.69, 9.17) is 0 Å². The molecule has 6 nitrogen and oxygen atoms in total. The second kappa shape index (κ2) is 9.09. The summed E-state index contributed by atoms with van der Waals surface area (Å²) in [4.78, 5) is 6.79. The Morgan fingerprint density at radius 2 is 1.75 bits per heavy atom. The van der Waals surface area contributed by atoms with Crippen molar-refractivity contribution in [3.8, 4) is 0 Å². The van der Waals surface area contributed by atoms with Crippen LogP contribution in [0.4, 0.5) is 0 Å². The molecular formula is C30H40N4O2. The van der Waals surface area contributed by atoms with Crippen LogP contribution in [-0.4, -0.2) is 50.0 Å². The lowest BCUT2D eigenvalue weighted by Gasteiger charge is -2.56. The van der Waals surface area contributed by atoms with Gasteiger partial charge in [-0.15, -0.1) is 0 Å². The molecule has 2 N–H and O–H groups in total. The molecule has 3 heterocycles. The van der Waals surface area contributed by atoms with Crippen LogP contribution in [0.1, 0.15) is 86.9 Å². The number of aliphatic hydroxyl groups is 2. The fourth-order valence-corrected chi connectivity index (χ4v) is 5.85. The Balaban J connectivity index is 1.41. The van der Waals surface area contributed by atoms with E-state index in [0.29, 0.717) is 30.5 Å². The van der Waals surface area contributed by atoms with Crippen molar-refractivity contribution in [3.05, 3.63) is 82.9 Å². The van der Waals surface area contributed by atoms with E-state index in [9.17, 15) is 10.2 Å². The van der Waals surface area contributed by atoms with Crippen molar-refractivity contribution >= 4 is 0 Å². The van der Waals surface area contributed by atoms with Gasteiger partial charge in [0.15, 0.2) is 0 Å². The molecule has 192 valence electrons. The summed E-state index contributed by atoms with van der Waals surface area (Å²) in [6.45, 7) is 9.97. The molecule has 1 aliphatic carbocycles. The maximum Gasteiger partial charge on any atom is 0.124 e. The van der Waals surface area contributed by atoms with Gasteiger partial charge in [0.1, 0.15) is 11.2 Å². The predicted molar refractivity (Wildman–Crippen MR) is 142 cm³/mol. The van der Waals surface area contributed by atoms with E-state index in [-0.39, 0.29) is 5.41 Å². The van der Waals surface area contributed by atoms with Crippen molar-refractivity contribution in [1.29, 1.82) is 0 Å². The number of hydrogen-bond donors (Lipinski definition) is 2. The molecule has 5 rings (SSSR count). The van der Waals surface area contributed by atoms with Crippen LogP contribution >= 0.6 is 0 Å². The molecule has 0 radical (unpaired) electrons. The molecule has 6 heteroatoms. The number of likely N-dealkylation sites (tertiary alicyclic amines) is 1. The third-order valence-electron chi connectivity index (χ3n) is 8.30. The highest BCUT2D eigenvalue weighted by Crippen LogP contribution is 2.50. The fraction of sp³-hybridized carbons (Fsp3) is 0.533. The molecule has 2 atom stereocenters. The van der Waals surface area contributed by atoms with E-state index >= 15 is 0 Å². The summed E-state index contributed by atoms with van der Waals surface area (Å²) < 4.78 is 1.98. The molecule has 0 amide bonds. The van der Waals surface area contributed by atoms with E-state index in [1.54, 1.807) is 6.20 Å². The Morgan fingerprint density at radius 1 is 1.06 bits per heavy atom. The van der Waals surface area contributed by atoms with E-state index < -0.39 is 11.2 Å². The molecular weight excluding hydrogens is 448 g/mol. The maximum atomic E-state index is 12.4. The minimum Gasteiger partial charge on any atom is -0.384 e. The van der Waals surface area contributed by atoms with Gasteiger partial charge in [0.05, 0.1) is 11.7 Å². The molecule has 2 aromatic heterocycles. The minimum atomic E-state index is -1.16. The highest BCUT2D eigenvalue weighted by Gasteiger charge is 2.55. The molecule has 0 spiro atoms. The summed E-state index contributed by atoms with van der Waals surface area (Å²) in [6.07, 6.45) is 9.13. The summed E-state index contributed by atoms with van der Waals surface area (Å²) in [5.74, 6) is 0.436. The van der Waals surface area contributed by atoms with Gasteiger partial charge in [-0.2, -0.15) is 5.10 Å². The second-order valence-electron chi connectivity index (χ2n) is 12.0. The average Bonchev–Trinajstić information content (AvgIpc) is 3.57. The molecule has 3 aromatic rings. The van der Waals surface area contributed by atoms with Crippen molar-refractivity contribution in [3.63, 3.8) is 0 Å². The molecule has 2 fully saturated rings. The maximum absolute atomic E-state index is 12.4. The van der Waals surface area contributed by atoms with E-state index in [2.05, 4.69) is 73.1 Å². The molecule has 1 aromatic carbocycles. The standard InChI is InChI=1S/C30H40N4O2/c1-21(2)23-6-8-24(9-7-23)30(36,28(3)19-33(5)20-28)25-16-22(17-31-18-25)12-14-29(4,35)27-13-15-34(32-27)26-10-11-26/h6-9,13,15-18,21,26,35-36H,10-12,14,19-20H2,1-5H3/t29?,30-/m0/s1. The fourth-order valence-electron chi connectivity index (χ4n) is 5.85. The Hall–Kier alpha value is -2.54. The molecule has 2 aliphatic rings. The van der Waals surface area contributed by atoms with Crippen LogP contribution in [-0.2, 0) is 17.6 Å². The van der Waals surface area contributed by atoms with Crippen molar-refractivity contribution in [2.45, 2.75) is 76.5 Å². The normalized spacial score (nSPS) is 21.1. The van der Waals surface area contributed by atoms with Crippen LogP contribution in [0.5, 0.6) is 0 Å². The zero-order valence-electron chi connectivity index (χ0n) is 22.3. The molecule has 1 saturated heterocycles. The number of rotatable bonds is 9. The Kier molecular flexibility index (Phi) is 6.34. The number of aromatic nitrogens is 3. The first-order valence-electron chi connectivity index (χ1n) is 13.3. The third-order valence-corrected chi connectivity index (χ3v) is 8.30. The summed E-state index contributed by atoms with van der Waals surface area (Å²) >= 11 is 0. The van der Waals surface area contributed by atoms with Crippen molar-refractivity contribution in [1.82, 2.24) is 19.7 Å². The van der Waals surface area contributed by atoms with Crippen LogP contribution in [0, 0.1) is 5.41 Å². The van der Waals surface area contributed by atoms with E-state index in [1.807, 2.05) is 30.1 Å². The number of nitrogens with zero attached hydrogens (tertiary/aromatic N) is 4.